The van der Waals surface area contributed by atoms with Crippen molar-refractivity contribution in [2.75, 3.05) is 12.4 Å². The molecule has 1 aliphatic heterocycles. The van der Waals surface area contributed by atoms with Crippen molar-refractivity contribution in [1.82, 2.24) is 0 Å². The van der Waals surface area contributed by atoms with Crippen molar-refractivity contribution in [1.29, 1.82) is 0 Å². The predicted octanol–water partition coefficient (Wildman–Crippen LogP) is 3.93. The van der Waals surface area contributed by atoms with Crippen molar-refractivity contribution in [2.24, 2.45) is 0 Å². The second kappa shape index (κ2) is 11.8. The quantitative estimate of drug-likeness (QED) is 0.364. The molecule has 0 bridgehead atoms. The third kappa shape index (κ3) is 8.14. The van der Waals surface area contributed by atoms with E-state index in [2.05, 4.69) is 6.92 Å². The lowest BCUT2D eigenvalue weighted by Gasteiger charge is -2.07. The van der Waals surface area contributed by atoms with Gasteiger partial charge in [0.1, 0.15) is 0 Å². The van der Waals surface area contributed by atoms with E-state index >= 15 is 0 Å². The van der Waals surface area contributed by atoms with Crippen molar-refractivity contribution in [3.8, 4) is 0 Å². The lowest BCUT2D eigenvalue weighted by atomic mass is 10.2. The van der Waals surface area contributed by atoms with Crippen LogP contribution in [0.1, 0.15) is 43.0 Å². The molecule has 0 aromatic heterocycles. The zero-order chi connectivity index (χ0) is 20.4. The minimum absolute atomic E-state index is 0.363. The number of nitrogens with zero attached hydrogens (tertiary/aromatic N) is 2. The molecule has 0 spiro atoms. The number of rotatable bonds is 8. The van der Waals surface area contributed by atoms with Gasteiger partial charge in [0.2, 0.25) is 0 Å². The van der Waals surface area contributed by atoms with E-state index < -0.39 is 32.8 Å². The van der Waals surface area contributed by atoms with Crippen LogP contribution < -0.4 is 0 Å². The smallest absolute Gasteiger partial charge is 0.336 e. The van der Waals surface area contributed by atoms with Crippen LogP contribution in [-0.2, 0) is 0 Å². The summed E-state index contributed by atoms with van der Waals surface area (Å²) in [6.45, 7) is 2.60. The molecule has 27 heavy (non-hydrogen) atoms. The number of thioether (sulfide) groups is 2. The highest BCUT2D eigenvalue weighted by atomic mass is 32.2. The maximum absolute atomic E-state index is 10.5. The molecule has 2 atom stereocenters. The third-order valence-corrected chi connectivity index (χ3v) is 7.03. The minimum Gasteiger partial charge on any atom is -0.478 e. The van der Waals surface area contributed by atoms with Crippen molar-refractivity contribution in [3.05, 3.63) is 44.0 Å². The fourth-order valence-electron chi connectivity index (χ4n) is 2.25. The number of hydrogen-bond acceptors (Lipinski definition) is 8. The molecule has 1 aromatic rings. The number of aliphatic hydroxyl groups excluding tert-OH is 1. The van der Waals surface area contributed by atoms with E-state index in [1.807, 2.05) is 23.5 Å². The SMILES string of the molecule is CCCCC[C@@H]1SC[C@@H](CO)S1.O=C(O)c1cc([N+](=O)[O-])cc([N+](=O)[O-])c1. The van der Waals surface area contributed by atoms with Crippen LogP contribution in [0, 0.1) is 20.2 Å². The molecule has 0 unspecified atom stereocenters. The standard InChI is InChI=1S/C9H18OS2.C7H4N2O6/c1-2-3-4-5-9-11-7-8(6-10)12-9;10-7(11)4-1-5(8(12)13)3-6(2-4)9(14)15/h8-10H,2-7H2,1H3;1-3H,(H,10,11)/t8-,9-;/m1./s1. The van der Waals surface area contributed by atoms with Crippen LogP contribution in [-0.4, -0.2) is 48.2 Å². The van der Waals surface area contributed by atoms with Gasteiger partial charge in [-0.25, -0.2) is 4.79 Å². The molecule has 1 saturated heterocycles. The summed E-state index contributed by atoms with van der Waals surface area (Å²) in [4.78, 5) is 29.4. The summed E-state index contributed by atoms with van der Waals surface area (Å²) in [6, 6.07) is 2.22. The van der Waals surface area contributed by atoms with E-state index in [1.165, 1.54) is 25.7 Å². The van der Waals surface area contributed by atoms with Gasteiger partial charge >= 0.3 is 5.97 Å². The molecule has 0 saturated carbocycles. The normalized spacial score (nSPS) is 18.4. The molecule has 1 aromatic carbocycles. The summed E-state index contributed by atoms with van der Waals surface area (Å²) < 4.78 is 0.772. The van der Waals surface area contributed by atoms with Crippen molar-refractivity contribution < 1.29 is 24.9 Å². The highest BCUT2D eigenvalue weighted by molar-refractivity contribution is 8.20. The molecule has 0 radical (unpaired) electrons. The molecule has 2 rings (SSSR count). The third-order valence-electron chi connectivity index (χ3n) is 3.63. The number of carbonyl (C=O) groups is 1. The second-order valence-electron chi connectivity index (χ2n) is 5.76. The molecule has 0 aliphatic carbocycles. The minimum atomic E-state index is -1.46. The Morgan fingerprint density at radius 1 is 1.19 bits per heavy atom. The van der Waals surface area contributed by atoms with Crippen LogP contribution in [0.15, 0.2) is 18.2 Å². The Labute approximate surface area is 164 Å². The lowest BCUT2D eigenvalue weighted by Crippen LogP contribution is -2.06. The van der Waals surface area contributed by atoms with Crippen LogP contribution in [0.2, 0.25) is 0 Å². The number of carboxylic acid groups (broad SMARTS) is 1. The average molecular weight is 418 g/mol. The first-order chi connectivity index (χ1) is 12.8. The van der Waals surface area contributed by atoms with Gasteiger partial charge < -0.3 is 10.2 Å². The molecule has 9 nitrogen and oxygen atoms in total. The van der Waals surface area contributed by atoms with E-state index in [0.717, 1.165) is 22.5 Å². The Morgan fingerprint density at radius 3 is 2.19 bits per heavy atom. The van der Waals surface area contributed by atoms with Crippen LogP contribution in [0.5, 0.6) is 0 Å². The molecule has 2 N–H and O–H groups in total. The zero-order valence-electron chi connectivity index (χ0n) is 14.8. The number of benzene rings is 1. The summed E-state index contributed by atoms with van der Waals surface area (Å²) in [7, 11) is 0. The largest absolute Gasteiger partial charge is 0.478 e. The second-order valence-corrected chi connectivity index (χ2v) is 8.80. The fourth-order valence-corrected chi connectivity index (χ4v) is 5.50. The van der Waals surface area contributed by atoms with Crippen molar-refractivity contribution in [2.45, 2.75) is 42.4 Å². The summed E-state index contributed by atoms with van der Waals surface area (Å²) >= 11 is 4.00. The van der Waals surface area contributed by atoms with E-state index in [1.54, 1.807) is 0 Å². The monoisotopic (exact) mass is 418 g/mol. The van der Waals surface area contributed by atoms with Gasteiger partial charge in [-0.05, 0) is 6.42 Å². The van der Waals surface area contributed by atoms with Crippen molar-refractivity contribution in [3.63, 3.8) is 0 Å². The molecule has 1 heterocycles. The number of nitro benzene ring substituents is 2. The summed E-state index contributed by atoms with van der Waals surface area (Å²) in [5, 5.41) is 38.7. The first-order valence-corrected chi connectivity index (χ1v) is 10.3. The Morgan fingerprint density at radius 2 is 1.78 bits per heavy atom. The van der Waals surface area contributed by atoms with Gasteiger partial charge in [0.25, 0.3) is 11.4 Å². The highest BCUT2D eigenvalue weighted by Gasteiger charge is 2.24. The van der Waals surface area contributed by atoms with Crippen LogP contribution >= 0.6 is 23.5 Å². The Kier molecular flexibility index (Phi) is 10.1. The number of aromatic carboxylic acids is 1. The van der Waals surface area contributed by atoms with Gasteiger partial charge in [-0.2, -0.15) is 0 Å². The summed E-state index contributed by atoms with van der Waals surface area (Å²) in [5.74, 6) is -0.306. The van der Waals surface area contributed by atoms with Crippen LogP contribution in [0.3, 0.4) is 0 Å². The maximum Gasteiger partial charge on any atom is 0.336 e. The molecule has 1 fully saturated rings. The van der Waals surface area contributed by atoms with Crippen LogP contribution in [0.25, 0.3) is 0 Å². The number of hydrogen-bond donors (Lipinski definition) is 2. The highest BCUT2D eigenvalue weighted by Crippen LogP contribution is 2.40. The Hall–Kier alpha value is -1.85. The predicted molar refractivity (Wildman–Crippen MR) is 106 cm³/mol. The maximum atomic E-state index is 10.5. The Balaban J connectivity index is 0.000000277. The molecule has 0 amide bonds. The van der Waals surface area contributed by atoms with Gasteiger partial charge in [0.15, 0.2) is 0 Å². The topological polar surface area (TPSA) is 144 Å². The molecule has 11 heteroatoms. The average Bonchev–Trinajstić information content (AvgIpc) is 3.10. The lowest BCUT2D eigenvalue weighted by molar-refractivity contribution is -0.394. The number of carboxylic acids is 1. The van der Waals surface area contributed by atoms with Gasteiger partial charge in [-0.1, -0.05) is 26.2 Å². The van der Waals surface area contributed by atoms with E-state index in [0.29, 0.717) is 17.9 Å². The summed E-state index contributed by atoms with van der Waals surface area (Å²) in [5.41, 5.74) is -1.74. The first-order valence-electron chi connectivity index (χ1n) is 8.33. The van der Waals surface area contributed by atoms with Gasteiger partial charge in [0, 0.05) is 23.1 Å². The number of aliphatic hydroxyl groups is 1. The fraction of sp³-hybridized carbons (Fsp3) is 0.562. The molecular weight excluding hydrogens is 396 g/mol. The number of nitro groups is 2. The van der Waals surface area contributed by atoms with Gasteiger partial charge in [-0.15, -0.1) is 23.5 Å². The van der Waals surface area contributed by atoms with Gasteiger partial charge in [0.05, 0.1) is 32.7 Å². The van der Waals surface area contributed by atoms with Crippen molar-refractivity contribution >= 4 is 40.9 Å². The van der Waals surface area contributed by atoms with Gasteiger partial charge in [-0.3, -0.25) is 20.2 Å². The molecular formula is C16H22N2O7S2. The first kappa shape index (κ1) is 23.2. The van der Waals surface area contributed by atoms with E-state index in [9.17, 15) is 25.0 Å². The zero-order valence-corrected chi connectivity index (χ0v) is 16.4. The molecule has 1 aliphatic rings. The number of unbranched alkanes of at least 4 members (excludes halogenated alkanes) is 2. The summed E-state index contributed by atoms with van der Waals surface area (Å²) in [6.07, 6.45) is 5.37. The van der Waals surface area contributed by atoms with Crippen LogP contribution in [0.4, 0.5) is 11.4 Å². The van der Waals surface area contributed by atoms with E-state index in [4.69, 9.17) is 10.2 Å². The Bertz CT molecular complexity index is 593. The molecule has 150 valence electrons. The van der Waals surface area contributed by atoms with E-state index in [-0.39, 0.29) is 0 Å². The number of non-ortho nitro benzene ring substituents is 2.